The van der Waals surface area contributed by atoms with E-state index < -0.39 is 26.0 Å². The van der Waals surface area contributed by atoms with Crippen molar-refractivity contribution in [1.29, 1.82) is 0 Å². The molecule has 2 atom stereocenters. The molecule has 8 heteroatoms. The van der Waals surface area contributed by atoms with E-state index in [1.807, 2.05) is 37.3 Å². The largest absolute Gasteiger partial charge is 0.511 e. The second-order valence-electron chi connectivity index (χ2n) is 5.91. The molecule has 28 heavy (non-hydrogen) atoms. The Morgan fingerprint density at radius 3 is 2.39 bits per heavy atom. The van der Waals surface area contributed by atoms with Crippen LogP contribution in [0.1, 0.15) is 22.8 Å². The van der Waals surface area contributed by atoms with Gasteiger partial charge in [-0.15, -0.1) is 4.52 Å². The molecule has 0 aliphatic heterocycles. The van der Waals surface area contributed by atoms with E-state index in [9.17, 15) is 14.2 Å². The maximum atomic E-state index is 12.7. The van der Waals surface area contributed by atoms with Gasteiger partial charge in [-0.1, -0.05) is 30.3 Å². The van der Waals surface area contributed by atoms with E-state index in [0.717, 1.165) is 5.56 Å². The summed E-state index contributed by atoms with van der Waals surface area (Å²) in [7, 11) is -2.06. The number of anilines is 1. The van der Waals surface area contributed by atoms with Gasteiger partial charge in [0.05, 0.1) is 12.2 Å². The Morgan fingerprint density at radius 2 is 1.79 bits per heavy atom. The van der Waals surface area contributed by atoms with Gasteiger partial charge in [-0.05, 0) is 41.3 Å². The highest BCUT2D eigenvalue weighted by Gasteiger charge is 2.30. The maximum absolute atomic E-state index is 12.7. The van der Waals surface area contributed by atoms with Crippen molar-refractivity contribution in [3.63, 3.8) is 0 Å². The fourth-order valence-electron chi connectivity index (χ4n) is 2.40. The summed E-state index contributed by atoms with van der Waals surface area (Å²) in [5, 5.41) is 11.6. The zero-order chi connectivity index (χ0) is 20.4. The van der Waals surface area contributed by atoms with Crippen LogP contribution in [0.3, 0.4) is 0 Å². The van der Waals surface area contributed by atoms with Crippen LogP contribution in [-0.4, -0.2) is 42.5 Å². The number of nitrogens with one attached hydrogen (secondary N) is 1. The van der Waals surface area contributed by atoms with Crippen LogP contribution in [-0.2, 0) is 25.0 Å². The molecule has 2 rings (SSSR count). The third-order valence-electron chi connectivity index (χ3n) is 3.82. The average molecular weight is 404 g/mol. The molecular formula is C20H23NO6P+. The number of benzene rings is 2. The highest BCUT2D eigenvalue weighted by atomic mass is 31.1. The second-order valence-corrected chi connectivity index (χ2v) is 7.23. The molecule has 0 aromatic heterocycles. The summed E-state index contributed by atoms with van der Waals surface area (Å²) >= 11 is 0. The van der Waals surface area contributed by atoms with Crippen molar-refractivity contribution in [2.24, 2.45) is 0 Å². The molecule has 0 saturated heterocycles. The molecule has 0 bridgehead atoms. The van der Waals surface area contributed by atoms with Gasteiger partial charge < -0.3 is 15.2 Å². The number of aromatic carboxylic acids is 1. The molecule has 0 radical (unpaired) electrons. The zero-order valence-corrected chi connectivity index (χ0v) is 16.4. The highest BCUT2D eigenvalue weighted by molar-refractivity contribution is 7.39. The Kier molecular flexibility index (Phi) is 8.75. The van der Waals surface area contributed by atoms with E-state index in [2.05, 4.69) is 5.32 Å². The van der Waals surface area contributed by atoms with Crippen LogP contribution in [0.15, 0.2) is 54.6 Å². The SMILES string of the molecule is CCOCC[P+](=O)O[C@@H](Cc1ccccc1)C(=O)Nc1ccc(C(=O)O)cc1. The molecule has 0 heterocycles. The standard InChI is InChI=1S/C20H22NO6P/c1-2-26-12-13-28(25)27-18(14-15-6-4-3-5-7-15)19(22)21-17-10-8-16(9-11-17)20(23)24/h3-11,18H,2,12-14H2,1H3,(H-,21,22,23,24)/p+1/t18-/m0/s1. The normalized spacial score (nSPS) is 12.2. The van der Waals surface area contributed by atoms with Crippen LogP contribution < -0.4 is 5.32 Å². The Labute approximate surface area is 164 Å². The lowest BCUT2D eigenvalue weighted by molar-refractivity contribution is -0.122. The fraction of sp³-hybridized carbons (Fsp3) is 0.300. The van der Waals surface area contributed by atoms with Gasteiger partial charge in [-0.25, -0.2) is 4.79 Å². The van der Waals surface area contributed by atoms with Crippen LogP contribution in [0, 0.1) is 0 Å². The summed E-state index contributed by atoms with van der Waals surface area (Å²) in [4.78, 5) is 23.6. The number of ether oxygens (including phenoxy) is 1. The Balaban J connectivity index is 2.06. The van der Waals surface area contributed by atoms with E-state index >= 15 is 0 Å². The number of hydrogen-bond donors (Lipinski definition) is 2. The third kappa shape index (κ3) is 7.19. The highest BCUT2D eigenvalue weighted by Crippen LogP contribution is 2.26. The van der Waals surface area contributed by atoms with Gasteiger partial charge in [0.2, 0.25) is 6.16 Å². The molecule has 1 unspecified atom stereocenters. The first kappa shape index (κ1) is 21.7. The van der Waals surface area contributed by atoms with Crippen molar-refractivity contribution in [1.82, 2.24) is 0 Å². The van der Waals surface area contributed by atoms with E-state index in [0.29, 0.717) is 18.9 Å². The van der Waals surface area contributed by atoms with Crippen molar-refractivity contribution in [2.75, 3.05) is 24.7 Å². The lowest BCUT2D eigenvalue weighted by atomic mass is 10.1. The monoisotopic (exact) mass is 404 g/mol. The number of amides is 1. The van der Waals surface area contributed by atoms with Gasteiger partial charge in [-0.2, -0.15) is 0 Å². The predicted octanol–water partition coefficient (Wildman–Crippen LogP) is 3.73. The molecule has 2 N–H and O–H groups in total. The minimum absolute atomic E-state index is 0.120. The number of carbonyl (C=O) groups excluding carboxylic acids is 1. The van der Waals surface area contributed by atoms with E-state index in [-0.39, 0.29) is 18.1 Å². The first-order valence-electron chi connectivity index (χ1n) is 8.87. The van der Waals surface area contributed by atoms with E-state index in [1.165, 1.54) is 24.3 Å². The zero-order valence-electron chi connectivity index (χ0n) is 15.5. The van der Waals surface area contributed by atoms with Gasteiger partial charge in [0.1, 0.15) is 0 Å². The Bertz CT molecular complexity index is 794. The summed E-state index contributed by atoms with van der Waals surface area (Å²) in [5.74, 6) is -1.50. The minimum atomic E-state index is -2.06. The first-order chi connectivity index (χ1) is 13.5. The smallest absolute Gasteiger partial charge is 0.478 e. The lowest BCUT2D eigenvalue weighted by Gasteiger charge is -2.12. The quantitative estimate of drug-likeness (QED) is 0.437. The fourth-order valence-corrected chi connectivity index (χ4v) is 3.24. The van der Waals surface area contributed by atoms with Gasteiger partial charge in [0.15, 0.2) is 6.10 Å². The van der Waals surface area contributed by atoms with Gasteiger partial charge in [0, 0.05) is 18.7 Å². The molecule has 7 nitrogen and oxygen atoms in total. The molecule has 148 valence electrons. The molecular weight excluding hydrogens is 381 g/mol. The Hall–Kier alpha value is -2.60. The van der Waals surface area contributed by atoms with Gasteiger partial charge in [-0.3, -0.25) is 4.79 Å². The molecule has 2 aromatic rings. The third-order valence-corrected chi connectivity index (χ3v) is 4.86. The number of rotatable bonds is 11. The summed E-state index contributed by atoms with van der Waals surface area (Å²) in [5.41, 5.74) is 1.42. The first-order valence-corrected chi connectivity index (χ1v) is 10.2. The molecule has 0 fully saturated rings. The summed E-state index contributed by atoms with van der Waals surface area (Å²) in [6.45, 7) is 2.65. The minimum Gasteiger partial charge on any atom is -0.478 e. The average Bonchev–Trinajstić information content (AvgIpc) is 2.69. The van der Waals surface area contributed by atoms with Crippen LogP contribution in [0.25, 0.3) is 0 Å². The van der Waals surface area contributed by atoms with Crippen LogP contribution in [0.5, 0.6) is 0 Å². The van der Waals surface area contributed by atoms with Gasteiger partial charge in [0.25, 0.3) is 5.91 Å². The van der Waals surface area contributed by atoms with Crippen molar-refractivity contribution in [3.05, 3.63) is 65.7 Å². The number of hydrogen-bond acceptors (Lipinski definition) is 5. The molecule has 0 spiro atoms. The molecule has 2 aromatic carbocycles. The topological polar surface area (TPSA) is 102 Å². The summed E-state index contributed by atoms with van der Waals surface area (Å²) < 4.78 is 22.9. The molecule has 0 aliphatic rings. The maximum Gasteiger partial charge on any atom is 0.511 e. The molecule has 0 aliphatic carbocycles. The lowest BCUT2D eigenvalue weighted by Crippen LogP contribution is -2.31. The van der Waals surface area contributed by atoms with Crippen molar-refractivity contribution in [2.45, 2.75) is 19.4 Å². The molecule has 0 saturated carbocycles. The van der Waals surface area contributed by atoms with E-state index in [4.69, 9.17) is 14.4 Å². The van der Waals surface area contributed by atoms with Crippen molar-refractivity contribution < 1.29 is 28.5 Å². The van der Waals surface area contributed by atoms with Gasteiger partial charge >= 0.3 is 14.0 Å². The van der Waals surface area contributed by atoms with Crippen molar-refractivity contribution >= 4 is 25.6 Å². The Morgan fingerprint density at radius 1 is 1.11 bits per heavy atom. The summed E-state index contributed by atoms with van der Waals surface area (Å²) in [6, 6.07) is 15.1. The van der Waals surface area contributed by atoms with Crippen LogP contribution >= 0.6 is 8.03 Å². The second kappa shape index (κ2) is 11.3. The van der Waals surface area contributed by atoms with Crippen LogP contribution in [0.2, 0.25) is 0 Å². The predicted molar refractivity (Wildman–Crippen MR) is 106 cm³/mol. The van der Waals surface area contributed by atoms with Crippen molar-refractivity contribution in [3.8, 4) is 0 Å². The number of carboxylic acid groups (broad SMARTS) is 1. The number of carboxylic acids is 1. The molecule has 1 amide bonds. The van der Waals surface area contributed by atoms with E-state index in [1.54, 1.807) is 0 Å². The summed E-state index contributed by atoms with van der Waals surface area (Å²) in [6.07, 6.45) is -0.489. The number of carbonyl (C=O) groups is 2. The van der Waals surface area contributed by atoms with Crippen LogP contribution in [0.4, 0.5) is 5.69 Å².